The first kappa shape index (κ1) is 18.5. The summed E-state index contributed by atoms with van der Waals surface area (Å²) in [5.41, 5.74) is 0.248. The van der Waals surface area contributed by atoms with Gasteiger partial charge in [-0.15, -0.1) is 0 Å². The molecule has 1 aromatic rings. The summed E-state index contributed by atoms with van der Waals surface area (Å²) in [6.45, 7) is 1.66. The van der Waals surface area contributed by atoms with Crippen LogP contribution in [0.25, 0.3) is 0 Å². The summed E-state index contributed by atoms with van der Waals surface area (Å²) in [6.07, 6.45) is 2.34. The fourth-order valence-electron chi connectivity index (χ4n) is 2.43. The topological polar surface area (TPSA) is 78.5 Å². The lowest BCUT2D eigenvalue weighted by Crippen LogP contribution is -2.39. The van der Waals surface area contributed by atoms with Crippen LogP contribution in [-0.4, -0.2) is 48.8 Å². The molecule has 0 radical (unpaired) electrons. The Morgan fingerprint density at radius 1 is 1.08 bits per heavy atom. The summed E-state index contributed by atoms with van der Waals surface area (Å²) in [5, 5.41) is 5.74. The van der Waals surface area contributed by atoms with E-state index < -0.39 is 5.91 Å². The Hall–Kier alpha value is -1.79. The summed E-state index contributed by atoms with van der Waals surface area (Å²) in [7, 11) is 0. The Morgan fingerprint density at radius 3 is 2.46 bits per heavy atom. The number of nitrogens with one attached hydrogen (secondary N) is 2. The van der Waals surface area contributed by atoms with E-state index in [1.54, 1.807) is 11.0 Å². The molecular weight excluding hydrogens is 353 g/mol. The molecule has 1 saturated heterocycles. The van der Waals surface area contributed by atoms with Crippen molar-refractivity contribution in [1.82, 2.24) is 15.5 Å². The Balaban J connectivity index is 1.68. The van der Waals surface area contributed by atoms with Crippen LogP contribution in [-0.2, 0) is 9.59 Å². The molecule has 0 spiro atoms. The summed E-state index contributed by atoms with van der Waals surface area (Å²) in [6, 6.07) is 4.50. The maximum absolute atomic E-state index is 12.0. The zero-order valence-electron chi connectivity index (χ0n) is 13.1. The van der Waals surface area contributed by atoms with Crippen molar-refractivity contribution in [3.63, 3.8) is 0 Å². The Morgan fingerprint density at radius 2 is 1.79 bits per heavy atom. The highest BCUT2D eigenvalue weighted by atomic mass is 35.5. The molecule has 1 aliphatic rings. The van der Waals surface area contributed by atoms with Crippen LogP contribution < -0.4 is 10.6 Å². The van der Waals surface area contributed by atoms with Crippen molar-refractivity contribution >= 4 is 40.9 Å². The van der Waals surface area contributed by atoms with E-state index in [2.05, 4.69) is 10.6 Å². The monoisotopic (exact) mass is 371 g/mol. The maximum atomic E-state index is 12.0. The van der Waals surface area contributed by atoms with Crippen molar-refractivity contribution in [2.75, 3.05) is 26.2 Å². The van der Waals surface area contributed by atoms with Gasteiger partial charge in [-0.25, -0.2) is 0 Å². The second kappa shape index (κ2) is 8.89. The maximum Gasteiger partial charge on any atom is 0.253 e. The normalized spacial score (nSPS) is 13.7. The minimum absolute atomic E-state index is 0.0461. The molecule has 1 aromatic carbocycles. The van der Waals surface area contributed by atoms with Gasteiger partial charge >= 0.3 is 0 Å². The Labute approximate surface area is 150 Å². The number of carbonyl (C=O) groups is 3. The van der Waals surface area contributed by atoms with Crippen molar-refractivity contribution < 1.29 is 14.4 Å². The lowest BCUT2D eigenvalue weighted by molar-refractivity contribution is -0.130. The largest absolute Gasteiger partial charge is 0.354 e. The van der Waals surface area contributed by atoms with Gasteiger partial charge in [-0.2, -0.15) is 0 Å². The van der Waals surface area contributed by atoms with E-state index in [1.165, 1.54) is 12.1 Å². The lowest BCUT2D eigenvalue weighted by Gasteiger charge is -2.15. The van der Waals surface area contributed by atoms with Crippen molar-refractivity contribution in [2.24, 2.45) is 0 Å². The van der Waals surface area contributed by atoms with Crippen LogP contribution in [0.15, 0.2) is 18.2 Å². The first-order valence-electron chi connectivity index (χ1n) is 7.75. The van der Waals surface area contributed by atoms with Crippen molar-refractivity contribution in [2.45, 2.75) is 19.3 Å². The number of halogens is 2. The van der Waals surface area contributed by atoms with Gasteiger partial charge in [-0.1, -0.05) is 23.2 Å². The average Bonchev–Trinajstić information content (AvgIpc) is 3.07. The summed E-state index contributed by atoms with van der Waals surface area (Å²) >= 11 is 11.7. The van der Waals surface area contributed by atoms with Gasteiger partial charge in [-0.05, 0) is 31.0 Å². The molecule has 0 aliphatic carbocycles. The molecule has 0 bridgehead atoms. The molecule has 2 N–H and O–H groups in total. The molecule has 8 heteroatoms. The van der Waals surface area contributed by atoms with Crippen LogP contribution in [0.4, 0.5) is 0 Å². The molecule has 0 aromatic heterocycles. The first-order chi connectivity index (χ1) is 11.5. The Kier molecular flexibility index (Phi) is 6.87. The molecule has 6 nitrogen and oxygen atoms in total. The number of rotatable bonds is 6. The molecule has 0 unspecified atom stereocenters. The summed E-state index contributed by atoms with van der Waals surface area (Å²) < 4.78 is 0. The van der Waals surface area contributed by atoms with E-state index in [4.69, 9.17) is 23.2 Å². The van der Waals surface area contributed by atoms with Gasteiger partial charge in [0.05, 0.1) is 17.1 Å². The van der Waals surface area contributed by atoms with E-state index >= 15 is 0 Å². The molecule has 3 amide bonds. The molecule has 1 fully saturated rings. The average molecular weight is 372 g/mol. The number of carbonyl (C=O) groups excluding carboxylic acids is 3. The van der Waals surface area contributed by atoms with Gasteiger partial charge in [0.1, 0.15) is 0 Å². The molecule has 24 heavy (non-hydrogen) atoms. The van der Waals surface area contributed by atoms with Crippen LogP contribution in [0, 0.1) is 0 Å². The minimum Gasteiger partial charge on any atom is -0.354 e. The smallest absolute Gasteiger partial charge is 0.253 e. The standard InChI is InChI=1S/C16H19Cl2N3O3/c17-11-3-4-12(13(18)9-11)16(24)20-10-14(22)19-6-5-15(23)21-7-1-2-8-21/h3-4,9H,1-2,5-8,10H2,(H,19,22)(H,20,24). The number of nitrogens with zero attached hydrogens (tertiary/aromatic N) is 1. The van der Waals surface area contributed by atoms with Gasteiger partial charge in [0.15, 0.2) is 0 Å². The highest BCUT2D eigenvalue weighted by Gasteiger charge is 2.17. The summed E-state index contributed by atoms with van der Waals surface area (Å²) in [5.74, 6) is -0.771. The molecule has 2 rings (SSSR count). The predicted molar refractivity (Wildman–Crippen MR) is 92.2 cm³/mol. The van der Waals surface area contributed by atoms with Gasteiger partial charge < -0.3 is 15.5 Å². The third-order valence-corrected chi connectivity index (χ3v) is 4.25. The third-order valence-electron chi connectivity index (χ3n) is 3.71. The van der Waals surface area contributed by atoms with Crippen LogP contribution in [0.3, 0.4) is 0 Å². The number of hydrogen-bond acceptors (Lipinski definition) is 3. The molecule has 130 valence electrons. The van der Waals surface area contributed by atoms with Crippen molar-refractivity contribution in [3.05, 3.63) is 33.8 Å². The second-order valence-corrected chi connectivity index (χ2v) is 6.34. The van der Waals surface area contributed by atoms with E-state index in [1.807, 2.05) is 0 Å². The van der Waals surface area contributed by atoms with Gasteiger partial charge in [0, 0.05) is 31.1 Å². The van der Waals surface area contributed by atoms with Crippen molar-refractivity contribution in [1.29, 1.82) is 0 Å². The molecular formula is C16H19Cl2N3O3. The quantitative estimate of drug-likeness (QED) is 0.800. The van der Waals surface area contributed by atoms with Crippen LogP contribution in [0.1, 0.15) is 29.6 Å². The first-order valence-corrected chi connectivity index (χ1v) is 8.50. The van der Waals surface area contributed by atoms with Crippen LogP contribution in [0.5, 0.6) is 0 Å². The highest BCUT2D eigenvalue weighted by molar-refractivity contribution is 6.36. The van der Waals surface area contributed by atoms with Gasteiger partial charge in [0.2, 0.25) is 11.8 Å². The van der Waals surface area contributed by atoms with Gasteiger partial charge in [0.25, 0.3) is 5.91 Å². The zero-order valence-corrected chi connectivity index (χ0v) is 14.6. The summed E-state index contributed by atoms with van der Waals surface area (Å²) in [4.78, 5) is 37.3. The fourth-order valence-corrected chi connectivity index (χ4v) is 2.92. The number of hydrogen-bond donors (Lipinski definition) is 2. The van der Waals surface area contributed by atoms with E-state index in [0.29, 0.717) is 5.02 Å². The second-order valence-electron chi connectivity index (χ2n) is 5.49. The number of benzene rings is 1. The molecule has 1 heterocycles. The van der Waals surface area contributed by atoms with E-state index in [-0.39, 0.29) is 41.9 Å². The van der Waals surface area contributed by atoms with Crippen molar-refractivity contribution in [3.8, 4) is 0 Å². The molecule has 1 aliphatic heterocycles. The number of amides is 3. The SMILES string of the molecule is O=C(CNC(=O)c1ccc(Cl)cc1Cl)NCCC(=O)N1CCCC1. The minimum atomic E-state index is -0.458. The predicted octanol–water partition coefficient (Wildman–Crippen LogP) is 1.85. The molecule has 0 saturated carbocycles. The van der Waals surface area contributed by atoms with Gasteiger partial charge in [-0.3, -0.25) is 14.4 Å². The van der Waals surface area contributed by atoms with E-state index in [9.17, 15) is 14.4 Å². The molecule has 0 atom stereocenters. The lowest BCUT2D eigenvalue weighted by atomic mass is 10.2. The van der Waals surface area contributed by atoms with E-state index in [0.717, 1.165) is 25.9 Å². The fraction of sp³-hybridized carbons (Fsp3) is 0.438. The zero-order chi connectivity index (χ0) is 17.5. The Bertz CT molecular complexity index is 631. The van der Waals surface area contributed by atoms with Crippen LogP contribution >= 0.6 is 23.2 Å². The third kappa shape index (κ3) is 5.39. The number of likely N-dealkylation sites (tertiary alicyclic amines) is 1. The van der Waals surface area contributed by atoms with Crippen LogP contribution in [0.2, 0.25) is 10.0 Å². The highest BCUT2D eigenvalue weighted by Crippen LogP contribution is 2.20.